The Morgan fingerprint density at radius 3 is 2.24 bits per heavy atom. The number of aliphatic hydroxyl groups is 1. The zero-order valence-electron chi connectivity index (χ0n) is 10.6. The molecular weight excluding hydrogens is 212 g/mol. The second kappa shape index (κ2) is 4.36. The van der Waals surface area contributed by atoms with E-state index in [1.165, 1.54) is 28.3 Å². The molecule has 1 N–H and O–H groups in total. The number of allylic oxidation sites excluding steroid dienone is 2. The number of carbonyl (C=O) groups excluding carboxylic acids is 1. The SMILES string of the molecule is Cc1cc(C)c(C2CC(=O)C=C(O)C2)c(C)c1. The largest absolute Gasteiger partial charge is 0.512 e. The molecule has 0 aliphatic heterocycles. The molecule has 2 heteroatoms. The van der Waals surface area contributed by atoms with E-state index in [9.17, 15) is 9.90 Å². The van der Waals surface area contributed by atoms with Gasteiger partial charge in [0.1, 0.15) is 0 Å². The van der Waals surface area contributed by atoms with Crippen molar-refractivity contribution in [1.29, 1.82) is 0 Å². The smallest absolute Gasteiger partial charge is 0.159 e. The maximum absolute atomic E-state index is 11.5. The topological polar surface area (TPSA) is 37.3 Å². The van der Waals surface area contributed by atoms with Gasteiger partial charge >= 0.3 is 0 Å². The lowest BCUT2D eigenvalue weighted by Crippen LogP contribution is -2.14. The molecule has 0 bridgehead atoms. The molecule has 2 rings (SSSR count). The lowest BCUT2D eigenvalue weighted by molar-refractivity contribution is -0.115. The molecule has 0 saturated heterocycles. The third-order valence-corrected chi connectivity index (χ3v) is 3.38. The van der Waals surface area contributed by atoms with E-state index in [2.05, 4.69) is 32.9 Å². The van der Waals surface area contributed by atoms with Gasteiger partial charge in [-0.1, -0.05) is 17.7 Å². The fourth-order valence-electron chi connectivity index (χ4n) is 2.91. The van der Waals surface area contributed by atoms with Gasteiger partial charge < -0.3 is 5.11 Å². The van der Waals surface area contributed by atoms with E-state index in [1.807, 2.05) is 0 Å². The van der Waals surface area contributed by atoms with Crippen LogP contribution in [0.3, 0.4) is 0 Å². The van der Waals surface area contributed by atoms with Gasteiger partial charge in [0.05, 0.1) is 5.76 Å². The molecule has 2 nitrogen and oxygen atoms in total. The molecule has 0 amide bonds. The Hall–Kier alpha value is -1.57. The number of hydrogen-bond acceptors (Lipinski definition) is 2. The summed E-state index contributed by atoms with van der Waals surface area (Å²) in [6, 6.07) is 4.28. The van der Waals surface area contributed by atoms with Crippen LogP contribution in [-0.4, -0.2) is 10.9 Å². The van der Waals surface area contributed by atoms with Gasteiger partial charge in [0.2, 0.25) is 0 Å². The summed E-state index contributed by atoms with van der Waals surface area (Å²) in [6.45, 7) is 6.23. The van der Waals surface area contributed by atoms with Crippen LogP contribution in [-0.2, 0) is 4.79 Å². The Morgan fingerprint density at radius 1 is 1.12 bits per heavy atom. The van der Waals surface area contributed by atoms with Gasteiger partial charge in [-0.3, -0.25) is 4.79 Å². The summed E-state index contributed by atoms with van der Waals surface area (Å²) in [7, 11) is 0. The number of rotatable bonds is 1. The highest BCUT2D eigenvalue weighted by atomic mass is 16.3. The second-order valence-corrected chi connectivity index (χ2v) is 5.02. The summed E-state index contributed by atoms with van der Waals surface area (Å²) in [5.41, 5.74) is 4.90. The number of benzene rings is 1. The van der Waals surface area contributed by atoms with Crippen molar-refractivity contribution in [3.8, 4) is 0 Å². The van der Waals surface area contributed by atoms with Crippen molar-refractivity contribution >= 4 is 5.78 Å². The molecule has 1 aromatic carbocycles. The average Bonchev–Trinajstić information content (AvgIpc) is 2.13. The summed E-state index contributed by atoms with van der Waals surface area (Å²) < 4.78 is 0. The van der Waals surface area contributed by atoms with Gasteiger partial charge in [0.25, 0.3) is 0 Å². The van der Waals surface area contributed by atoms with E-state index >= 15 is 0 Å². The van der Waals surface area contributed by atoms with E-state index in [-0.39, 0.29) is 17.5 Å². The minimum Gasteiger partial charge on any atom is -0.512 e. The van der Waals surface area contributed by atoms with Crippen LogP contribution in [0.2, 0.25) is 0 Å². The molecule has 0 heterocycles. The number of carbonyl (C=O) groups is 1. The standard InChI is InChI=1S/C15H18O2/c1-9-4-10(2)15(11(3)5-9)12-6-13(16)8-14(17)7-12/h4-5,8,12,16H,6-7H2,1-3H3. The predicted molar refractivity (Wildman–Crippen MR) is 68.3 cm³/mol. The number of ketones is 1. The molecule has 1 aliphatic rings. The van der Waals surface area contributed by atoms with Crippen LogP contribution < -0.4 is 0 Å². The van der Waals surface area contributed by atoms with Crippen LogP contribution in [0.25, 0.3) is 0 Å². The lowest BCUT2D eigenvalue weighted by Gasteiger charge is -2.23. The highest BCUT2D eigenvalue weighted by molar-refractivity contribution is 5.91. The van der Waals surface area contributed by atoms with E-state index in [4.69, 9.17) is 0 Å². The summed E-state index contributed by atoms with van der Waals surface area (Å²) in [5, 5.41) is 9.59. The van der Waals surface area contributed by atoms with Crippen LogP contribution in [0, 0.1) is 20.8 Å². The molecule has 1 aromatic rings. The maximum Gasteiger partial charge on any atom is 0.159 e. The highest BCUT2D eigenvalue weighted by Crippen LogP contribution is 2.34. The summed E-state index contributed by atoms with van der Waals surface area (Å²) >= 11 is 0. The van der Waals surface area contributed by atoms with Crippen molar-refractivity contribution in [2.24, 2.45) is 0 Å². The van der Waals surface area contributed by atoms with Gasteiger partial charge in [-0.05, 0) is 43.4 Å². The normalized spacial score (nSPS) is 20.3. The van der Waals surface area contributed by atoms with Gasteiger partial charge in [-0.25, -0.2) is 0 Å². The van der Waals surface area contributed by atoms with Crippen LogP contribution in [0.5, 0.6) is 0 Å². The van der Waals surface area contributed by atoms with Gasteiger partial charge in [0, 0.05) is 18.9 Å². The first-order valence-corrected chi connectivity index (χ1v) is 5.97. The quantitative estimate of drug-likeness (QED) is 0.801. The van der Waals surface area contributed by atoms with Crippen molar-refractivity contribution in [3.63, 3.8) is 0 Å². The van der Waals surface area contributed by atoms with Crippen molar-refractivity contribution in [1.82, 2.24) is 0 Å². The van der Waals surface area contributed by atoms with Gasteiger partial charge in [-0.15, -0.1) is 0 Å². The van der Waals surface area contributed by atoms with E-state index in [0.717, 1.165) is 0 Å². The Labute approximate surface area is 102 Å². The Kier molecular flexibility index (Phi) is 3.05. The maximum atomic E-state index is 11.5. The molecule has 0 saturated carbocycles. The molecule has 0 radical (unpaired) electrons. The third-order valence-electron chi connectivity index (χ3n) is 3.38. The molecule has 17 heavy (non-hydrogen) atoms. The number of aryl methyl sites for hydroxylation is 3. The fraction of sp³-hybridized carbons (Fsp3) is 0.400. The molecule has 90 valence electrons. The molecule has 0 spiro atoms. The Bertz CT molecular complexity index is 475. The molecule has 0 fully saturated rings. The zero-order chi connectivity index (χ0) is 12.6. The van der Waals surface area contributed by atoms with Gasteiger partial charge in [0.15, 0.2) is 5.78 Å². The van der Waals surface area contributed by atoms with Crippen molar-refractivity contribution in [2.45, 2.75) is 39.5 Å². The number of hydrogen-bond donors (Lipinski definition) is 1. The first-order chi connectivity index (χ1) is 7.97. The minimum atomic E-state index is 0.0260. The second-order valence-electron chi connectivity index (χ2n) is 5.02. The minimum absolute atomic E-state index is 0.0260. The monoisotopic (exact) mass is 230 g/mol. The summed E-state index contributed by atoms with van der Waals surface area (Å²) in [5.74, 6) is 0.372. The molecular formula is C15H18O2. The van der Waals surface area contributed by atoms with Gasteiger partial charge in [-0.2, -0.15) is 0 Å². The third kappa shape index (κ3) is 2.41. The molecule has 1 unspecified atom stereocenters. The number of aliphatic hydroxyl groups excluding tert-OH is 1. The Balaban J connectivity index is 2.42. The molecule has 1 atom stereocenters. The van der Waals surface area contributed by atoms with E-state index in [0.29, 0.717) is 12.8 Å². The van der Waals surface area contributed by atoms with Crippen molar-refractivity contribution < 1.29 is 9.90 Å². The highest BCUT2D eigenvalue weighted by Gasteiger charge is 2.24. The Morgan fingerprint density at radius 2 is 1.71 bits per heavy atom. The van der Waals surface area contributed by atoms with E-state index in [1.54, 1.807) is 0 Å². The predicted octanol–water partition coefficient (Wildman–Crippen LogP) is 3.50. The first-order valence-electron chi connectivity index (χ1n) is 5.97. The lowest BCUT2D eigenvalue weighted by atomic mass is 9.81. The van der Waals surface area contributed by atoms with Crippen LogP contribution in [0.4, 0.5) is 0 Å². The molecule has 1 aliphatic carbocycles. The average molecular weight is 230 g/mol. The van der Waals surface area contributed by atoms with Crippen LogP contribution in [0.15, 0.2) is 24.0 Å². The van der Waals surface area contributed by atoms with Crippen molar-refractivity contribution in [3.05, 3.63) is 46.2 Å². The summed E-state index contributed by atoms with van der Waals surface area (Å²) in [6.07, 6.45) is 2.45. The zero-order valence-corrected chi connectivity index (χ0v) is 10.6. The first kappa shape index (κ1) is 11.9. The van der Waals surface area contributed by atoms with E-state index < -0.39 is 0 Å². The van der Waals surface area contributed by atoms with Crippen LogP contribution in [0.1, 0.15) is 41.0 Å². The van der Waals surface area contributed by atoms with Crippen molar-refractivity contribution in [2.75, 3.05) is 0 Å². The summed E-state index contributed by atoms with van der Waals surface area (Å²) in [4.78, 5) is 11.5. The molecule has 0 aromatic heterocycles. The fourth-order valence-corrected chi connectivity index (χ4v) is 2.91. The van der Waals surface area contributed by atoms with Crippen LogP contribution >= 0.6 is 0 Å².